The van der Waals surface area contributed by atoms with Crippen LogP contribution in [0.4, 0.5) is 0 Å². The first kappa shape index (κ1) is 38.3. The van der Waals surface area contributed by atoms with Crippen molar-refractivity contribution < 1.29 is 47.6 Å². The topological polar surface area (TPSA) is 124 Å². The normalized spacial score (nSPS) is 19.9. The van der Waals surface area contributed by atoms with E-state index in [1.807, 2.05) is 0 Å². The molecule has 0 aromatic rings. The van der Waals surface area contributed by atoms with Crippen molar-refractivity contribution in [1.29, 1.82) is 0 Å². The van der Waals surface area contributed by atoms with E-state index in [1.54, 1.807) is 14.2 Å². The summed E-state index contributed by atoms with van der Waals surface area (Å²) in [5.41, 5.74) is -0.493. The van der Waals surface area contributed by atoms with Gasteiger partial charge in [0.1, 0.15) is 32.3 Å². The summed E-state index contributed by atoms with van der Waals surface area (Å²) in [5.74, 6) is -1.75. The molecule has 2 aliphatic rings. The van der Waals surface area contributed by atoms with Crippen molar-refractivity contribution in [2.45, 2.75) is 116 Å². The highest BCUT2D eigenvalue weighted by Gasteiger charge is 2.48. The van der Waals surface area contributed by atoms with Crippen LogP contribution in [0.3, 0.4) is 0 Å². The number of rotatable bonds is 23. The number of hydrogen-bond donors (Lipinski definition) is 0. The quantitative estimate of drug-likeness (QED) is 0.0593. The summed E-state index contributed by atoms with van der Waals surface area (Å²) in [7, 11) is 3.16. The van der Waals surface area contributed by atoms with E-state index in [9.17, 15) is 19.2 Å². The van der Waals surface area contributed by atoms with Crippen LogP contribution in [0.5, 0.6) is 0 Å². The van der Waals surface area contributed by atoms with Crippen molar-refractivity contribution in [1.82, 2.24) is 0 Å². The number of methoxy groups -OCH3 is 2. The molecule has 44 heavy (non-hydrogen) atoms. The van der Waals surface area contributed by atoms with E-state index in [4.69, 9.17) is 28.4 Å². The van der Waals surface area contributed by atoms with Gasteiger partial charge in [-0.3, -0.25) is 9.59 Å². The lowest BCUT2D eigenvalue weighted by Gasteiger charge is -2.47. The van der Waals surface area contributed by atoms with Crippen molar-refractivity contribution >= 4 is 24.5 Å². The van der Waals surface area contributed by atoms with Crippen LogP contribution in [-0.2, 0) is 47.6 Å². The van der Waals surface area contributed by atoms with Crippen LogP contribution in [0.15, 0.2) is 0 Å². The molecule has 10 heteroatoms. The molecule has 0 aliphatic heterocycles. The Labute approximate surface area is 264 Å². The second-order valence-corrected chi connectivity index (χ2v) is 13.2. The molecular weight excluding hydrogens is 568 g/mol. The van der Waals surface area contributed by atoms with Crippen LogP contribution >= 0.6 is 0 Å². The Kier molecular flexibility index (Phi) is 18.3. The van der Waals surface area contributed by atoms with Gasteiger partial charge in [-0.2, -0.15) is 0 Å². The van der Waals surface area contributed by atoms with Gasteiger partial charge in [0.15, 0.2) is 0 Å². The van der Waals surface area contributed by atoms with Gasteiger partial charge >= 0.3 is 11.9 Å². The molecule has 2 saturated carbocycles. The number of carbonyl (C=O) groups is 4. The van der Waals surface area contributed by atoms with E-state index >= 15 is 0 Å². The fourth-order valence-electron chi connectivity index (χ4n) is 7.63. The van der Waals surface area contributed by atoms with Gasteiger partial charge in [0, 0.05) is 46.3 Å². The first-order chi connectivity index (χ1) is 21.2. The zero-order valence-corrected chi connectivity index (χ0v) is 27.7. The highest BCUT2D eigenvalue weighted by Crippen LogP contribution is 2.50. The Morgan fingerprint density at radius 1 is 0.750 bits per heavy atom. The largest absolute Gasteiger partial charge is 0.465 e. The van der Waals surface area contributed by atoms with Crippen LogP contribution < -0.4 is 0 Å². The van der Waals surface area contributed by atoms with E-state index in [0.29, 0.717) is 26.1 Å². The number of ether oxygens (including phenoxy) is 6. The van der Waals surface area contributed by atoms with Gasteiger partial charge in [0.25, 0.3) is 0 Å². The molecule has 10 nitrogen and oxygen atoms in total. The van der Waals surface area contributed by atoms with Crippen LogP contribution in [0, 0.1) is 28.6 Å². The van der Waals surface area contributed by atoms with Gasteiger partial charge in [-0.1, -0.05) is 38.5 Å². The molecule has 0 radical (unpaired) electrons. The Morgan fingerprint density at radius 2 is 1.34 bits per heavy atom. The molecule has 0 N–H and O–H groups in total. The lowest BCUT2D eigenvalue weighted by Crippen LogP contribution is -2.47. The summed E-state index contributed by atoms with van der Waals surface area (Å²) in [5, 5.41) is 0. The van der Waals surface area contributed by atoms with Gasteiger partial charge in [-0.25, -0.2) is 0 Å². The fourth-order valence-corrected chi connectivity index (χ4v) is 7.63. The van der Waals surface area contributed by atoms with Gasteiger partial charge in [-0.15, -0.1) is 0 Å². The average Bonchev–Trinajstić information content (AvgIpc) is 3.00. The first-order valence-electron chi connectivity index (χ1n) is 16.6. The van der Waals surface area contributed by atoms with Crippen LogP contribution in [0.25, 0.3) is 0 Å². The summed E-state index contributed by atoms with van der Waals surface area (Å²) in [6.07, 6.45) is 14.6. The smallest absolute Gasteiger partial charge is 0.302 e. The third-order valence-corrected chi connectivity index (χ3v) is 9.96. The standard InChI is InChI=1S/C34H58O10/c1-27(37)43-24-30(12-17-33(19-20-35)13-7-5-8-14-33)32(44-28(2)38)31(21-36)34(15-9-6-10-16-34)18-11-29(22-41-25-39-3)23-42-26-40-4/h20-21,29-32H,5-19,22-26H2,1-4H3. The minimum absolute atomic E-state index is 0.0587. The summed E-state index contributed by atoms with van der Waals surface area (Å²) >= 11 is 0. The van der Waals surface area contributed by atoms with Gasteiger partial charge in [0.2, 0.25) is 0 Å². The second kappa shape index (κ2) is 21.0. The maximum atomic E-state index is 13.2. The Balaban J connectivity index is 2.39. The molecule has 0 saturated heterocycles. The summed E-state index contributed by atoms with van der Waals surface area (Å²) < 4.78 is 33.1. The fraction of sp³-hybridized carbons (Fsp3) is 0.882. The number of aldehydes is 2. The van der Waals surface area contributed by atoms with Crippen molar-refractivity contribution in [2.24, 2.45) is 28.6 Å². The second-order valence-electron chi connectivity index (χ2n) is 13.2. The number of hydrogen-bond acceptors (Lipinski definition) is 10. The molecule has 3 atom stereocenters. The first-order valence-corrected chi connectivity index (χ1v) is 16.6. The van der Waals surface area contributed by atoms with E-state index < -0.39 is 24.0 Å². The predicted molar refractivity (Wildman–Crippen MR) is 165 cm³/mol. The van der Waals surface area contributed by atoms with E-state index in [-0.39, 0.29) is 42.9 Å². The van der Waals surface area contributed by atoms with Crippen molar-refractivity contribution in [3.63, 3.8) is 0 Å². The van der Waals surface area contributed by atoms with Crippen LogP contribution in [-0.4, -0.2) is 78.2 Å². The van der Waals surface area contributed by atoms with Crippen molar-refractivity contribution in [3.05, 3.63) is 0 Å². The average molecular weight is 627 g/mol. The Bertz CT molecular complexity index is 824. The minimum atomic E-state index is -0.743. The van der Waals surface area contributed by atoms with E-state index in [2.05, 4.69) is 0 Å². The lowest BCUT2D eigenvalue weighted by atomic mass is 9.60. The minimum Gasteiger partial charge on any atom is -0.465 e. The summed E-state index contributed by atoms with van der Waals surface area (Å²) in [6.45, 7) is 4.05. The number of esters is 2. The molecule has 3 unspecified atom stereocenters. The van der Waals surface area contributed by atoms with Crippen molar-refractivity contribution in [3.8, 4) is 0 Å². The molecule has 0 aromatic carbocycles. The highest BCUT2D eigenvalue weighted by atomic mass is 16.7. The monoisotopic (exact) mass is 626 g/mol. The van der Waals surface area contributed by atoms with E-state index in [1.165, 1.54) is 13.8 Å². The predicted octanol–water partition coefficient (Wildman–Crippen LogP) is 5.82. The Morgan fingerprint density at radius 3 is 1.84 bits per heavy atom. The molecule has 2 fully saturated rings. The molecule has 0 amide bonds. The third-order valence-electron chi connectivity index (χ3n) is 9.96. The van der Waals surface area contributed by atoms with Gasteiger partial charge < -0.3 is 38.0 Å². The summed E-state index contributed by atoms with van der Waals surface area (Å²) in [4.78, 5) is 49.4. The molecule has 0 spiro atoms. The highest BCUT2D eigenvalue weighted by molar-refractivity contribution is 5.67. The summed E-state index contributed by atoms with van der Waals surface area (Å²) in [6, 6.07) is 0. The molecule has 0 aromatic heterocycles. The van der Waals surface area contributed by atoms with Crippen LogP contribution in [0.1, 0.15) is 110 Å². The molecule has 2 aliphatic carbocycles. The maximum absolute atomic E-state index is 13.2. The maximum Gasteiger partial charge on any atom is 0.302 e. The van der Waals surface area contributed by atoms with Crippen LogP contribution in [0.2, 0.25) is 0 Å². The lowest BCUT2D eigenvalue weighted by molar-refractivity contribution is -0.164. The van der Waals surface area contributed by atoms with E-state index in [0.717, 1.165) is 96.0 Å². The third kappa shape index (κ3) is 12.9. The van der Waals surface area contributed by atoms with Gasteiger partial charge in [0.05, 0.1) is 25.7 Å². The molecule has 0 bridgehead atoms. The molecule has 254 valence electrons. The molecule has 2 rings (SSSR count). The molecule has 0 heterocycles. The Hall–Kier alpha value is -1.88. The SMILES string of the molecule is COCOCC(CCC1(C(C=O)C(OC(C)=O)C(CCC2(CC=O)CCCCC2)COC(C)=O)CCCCC1)COCOC. The van der Waals surface area contributed by atoms with Gasteiger partial charge in [-0.05, 0) is 62.2 Å². The molecular formula is C34H58O10. The number of carbonyl (C=O) groups excluding carboxylic acids is 4. The zero-order valence-electron chi connectivity index (χ0n) is 27.7. The van der Waals surface area contributed by atoms with Crippen molar-refractivity contribution in [2.75, 3.05) is 47.6 Å². The zero-order chi connectivity index (χ0) is 32.3.